The number of aliphatic carboxylic acids is 3. The minimum absolute atomic E-state index is 0.634. The lowest BCUT2D eigenvalue weighted by molar-refractivity contribution is -0.193. The van der Waals surface area contributed by atoms with E-state index in [1.165, 1.54) is 0 Å². The van der Waals surface area contributed by atoms with Gasteiger partial charge in [0.05, 0.1) is 0 Å². The molecule has 0 aromatic rings. The van der Waals surface area contributed by atoms with Crippen molar-refractivity contribution in [2.24, 2.45) is 23.3 Å². The molecule has 0 aromatic heterocycles. The second kappa shape index (κ2) is 13.9. The molecule has 1 heterocycles. The smallest absolute Gasteiger partial charge is 0.475 e. The lowest BCUT2D eigenvalue weighted by Gasteiger charge is -2.12. The number of nitrogens with zero attached hydrogens (tertiary/aromatic N) is 1. The number of carboxylic acids is 3. The van der Waals surface area contributed by atoms with Gasteiger partial charge < -0.3 is 31.7 Å². The fraction of sp³-hybridized carbons (Fsp3) is 0.769. The average Bonchev–Trinajstić information content (AvgIpc) is 2.94. The Bertz CT molecular complexity index is 497. The predicted octanol–water partition coefficient (Wildman–Crippen LogP) is 0.981. The number of carboxylic acid groups (broad SMARTS) is 3. The maximum Gasteiger partial charge on any atom is 0.490 e. The lowest BCUT2D eigenvalue weighted by atomic mass is 9.97. The van der Waals surface area contributed by atoms with Crippen LogP contribution in [0.3, 0.4) is 0 Å². The molecular weight excluding hydrogens is 465 g/mol. The summed E-state index contributed by atoms with van der Waals surface area (Å²) in [5.74, 6) is -7.00. The van der Waals surface area contributed by atoms with Crippen LogP contribution in [0.25, 0.3) is 0 Å². The summed E-state index contributed by atoms with van der Waals surface area (Å²) in [6, 6.07) is 0. The van der Waals surface area contributed by atoms with Gasteiger partial charge in [0.25, 0.3) is 0 Å². The van der Waals surface area contributed by atoms with Gasteiger partial charge in [0.15, 0.2) is 0 Å². The minimum Gasteiger partial charge on any atom is -0.475 e. The normalized spacial score (nSPS) is 19.0. The highest BCUT2D eigenvalue weighted by Crippen LogP contribution is 2.19. The molecule has 1 fully saturated rings. The molecule has 1 rings (SSSR count). The molecule has 0 bridgehead atoms. The van der Waals surface area contributed by atoms with Crippen LogP contribution in [0.4, 0.5) is 39.5 Å². The number of rotatable bonds is 2. The monoisotopic (exact) mass is 485 g/mol. The van der Waals surface area contributed by atoms with E-state index in [0.29, 0.717) is 11.8 Å². The molecule has 0 spiro atoms. The number of alkyl halides is 9. The number of hydrogen-bond donors (Lipinski definition) is 5. The molecule has 0 unspecified atom stereocenters. The summed E-state index contributed by atoms with van der Waals surface area (Å²) in [6.45, 7) is 3.81. The summed E-state index contributed by atoms with van der Waals surface area (Å²) in [5.41, 5.74) is 11.2. The van der Waals surface area contributed by atoms with Crippen molar-refractivity contribution < 1.29 is 69.2 Å². The van der Waals surface area contributed by atoms with Crippen LogP contribution in [-0.4, -0.2) is 89.9 Å². The molecule has 186 valence electrons. The molecule has 1 aliphatic rings. The van der Waals surface area contributed by atoms with E-state index in [1.54, 1.807) is 0 Å². The van der Waals surface area contributed by atoms with Crippen molar-refractivity contribution in [2.45, 2.75) is 18.5 Å². The van der Waals surface area contributed by atoms with Crippen molar-refractivity contribution in [2.75, 3.05) is 33.2 Å². The molecule has 0 aromatic carbocycles. The van der Waals surface area contributed by atoms with Crippen molar-refractivity contribution >= 4 is 17.9 Å². The third-order valence-electron chi connectivity index (χ3n) is 3.09. The molecular formula is C13H20F9N3O6. The predicted molar refractivity (Wildman–Crippen MR) is 83.7 cm³/mol. The summed E-state index contributed by atoms with van der Waals surface area (Å²) in [5, 5.41) is 21.4. The van der Waals surface area contributed by atoms with E-state index < -0.39 is 36.4 Å². The summed E-state index contributed by atoms with van der Waals surface area (Å²) in [6.07, 6.45) is -15.3. The van der Waals surface area contributed by atoms with Gasteiger partial charge in [-0.3, -0.25) is 0 Å². The van der Waals surface area contributed by atoms with Gasteiger partial charge in [0, 0.05) is 13.1 Å². The van der Waals surface area contributed by atoms with Crippen LogP contribution >= 0.6 is 0 Å². The molecule has 7 N–H and O–H groups in total. The summed E-state index contributed by atoms with van der Waals surface area (Å²) >= 11 is 0. The largest absolute Gasteiger partial charge is 0.490 e. The fourth-order valence-electron chi connectivity index (χ4n) is 1.71. The van der Waals surface area contributed by atoms with Crippen molar-refractivity contribution in [3.8, 4) is 0 Å². The minimum atomic E-state index is -5.08. The Morgan fingerprint density at radius 3 is 0.968 bits per heavy atom. The second-order valence-electron chi connectivity index (χ2n) is 5.62. The van der Waals surface area contributed by atoms with Crippen molar-refractivity contribution in [3.63, 3.8) is 0 Å². The van der Waals surface area contributed by atoms with Gasteiger partial charge in [-0.15, -0.1) is 0 Å². The molecule has 1 saturated heterocycles. The molecule has 18 heteroatoms. The summed E-state index contributed by atoms with van der Waals surface area (Å²) in [7, 11) is 2.12. The van der Waals surface area contributed by atoms with Gasteiger partial charge in [-0.25, -0.2) is 14.4 Å². The molecule has 0 saturated carbocycles. The molecule has 1 aliphatic heterocycles. The highest BCUT2D eigenvalue weighted by molar-refractivity contribution is 5.73. The van der Waals surface area contributed by atoms with E-state index in [1.807, 2.05) is 0 Å². The zero-order valence-corrected chi connectivity index (χ0v) is 15.6. The maximum atomic E-state index is 10.6. The van der Waals surface area contributed by atoms with Gasteiger partial charge in [-0.1, -0.05) is 0 Å². The number of likely N-dealkylation sites (tertiary alicyclic amines) is 1. The topological polar surface area (TPSA) is 167 Å². The number of halogens is 9. The average molecular weight is 485 g/mol. The fourth-order valence-corrected chi connectivity index (χ4v) is 1.71. The molecule has 2 atom stereocenters. The standard InChI is InChI=1S/C7H17N3.3C2HF3O2/c1-10-4-6(2-8)7(3-9)5-10;3*3-2(4,5)1(6)7/h6-7H,2-5,8-9H2,1H3;3*(H,6,7)/t6-,7-;;;/m0.../s1. The van der Waals surface area contributed by atoms with Crippen molar-refractivity contribution in [1.29, 1.82) is 0 Å². The SMILES string of the molecule is CN1C[C@H](CN)[C@@H](CN)C1.O=C(O)C(F)(F)F.O=C(O)C(F)(F)F.O=C(O)C(F)(F)F. The number of hydrogen-bond acceptors (Lipinski definition) is 6. The zero-order valence-electron chi connectivity index (χ0n) is 15.6. The third kappa shape index (κ3) is 18.2. The highest BCUT2D eigenvalue weighted by Gasteiger charge is 2.39. The quantitative estimate of drug-likeness (QED) is 0.358. The van der Waals surface area contributed by atoms with Crippen LogP contribution < -0.4 is 11.5 Å². The Labute approximate surface area is 168 Å². The van der Waals surface area contributed by atoms with Crippen LogP contribution in [0.2, 0.25) is 0 Å². The van der Waals surface area contributed by atoms with Gasteiger partial charge >= 0.3 is 36.4 Å². The Morgan fingerprint density at radius 1 is 0.710 bits per heavy atom. The Morgan fingerprint density at radius 2 is 0.871 bits per heavy atom. The van der Waals surface area contributed by atoms with E-state index in [0.717, 1.165) is 26.2 Å². The Hall–Kier alpha value is -2.34. The van der Waals surface area contributed by atoms with E-state index >= 15 is 0 Å². The zero-order chi connectivity index (χ0) is 25.8. The van der Waals surface area contributed by atoms with Gasteiger partial charge in [-0.2, -0.15) is 39.5 Å². The number of carbonyl (C=O) groups is 3. The van der Waals surface area contributed by atoms with Gasteiger partial charge in [0.2, 0.25) is 0 Å². The maximum absolute atomic E-state index is 10.6. The first-order chi connectivity index (χ1) is 13.6. The van der Waals surface area contributed by atoms with E-state index in [2.05, 4.69) is 11.9 Å². The first-order valence-corrected chi connectivity index (χ1v) is 7.60. The van der Waals surface area contributed by atoms with Gasteiger partial charge in [0.1, 0.15) is 0 Å². The Balaban J connectivity index is -0.000000343. The van der Waals surface area contributed by atoms with E-state index in [4.69, 9.17) is 41.2 Å². The lowest BCUT2D eigenvalue weighted by Crippen LogP contribution is -2.27. The first kappa shape index (κ1) is 33.3. The van der Waals surface area contributed by atoms with E-state index in [-0.39, 0.29) is 0 Å². The molecule has 0 aliphatic carbocycles. The first-order valence-electron chi connectivity index (χ1n) is 7.60. The highest BCUT2D eigenvalue weighted by atomic mass is 19.4. The molecule has 9 nitrogen and oxygen atoms in total. The van der Waals surface area contributed by atoms with Crippen LogP contribution in [-0.2, 0) is 14.4 Å². The van der Waals surface area contributed by atoms with Gasteiger partial charge in [-0.05, 0) is 32.0 Å². The van der Waals surface area contributed by atoms with Crippen molar-refractivity contribution in [3.05, 3.63) is 0 Å². The second-order valence-corrected chi connectivity index (χ2v) is 5.62. The Kier molecular flexibility index (Phi) is 14.9. The summed E-state index contributed by atoms with van der Waals surface area (Å²) < 4.78 is 95.2. The molecule has 31 heavy (non-hydrogen) atoms. The van der Waals surface area contributed by atoms with Crippen LogP contribution in [0.1, 0.15) is 0 Å². The number of nitrogens with two attached hydrogens (primary N) is 2. The van der Waals surface area contributed by atoms with E-state index in [9.17, 15) is 39.5 Å². The third-order valence-corrected chi connectivity index (χ3v) is 3.09. The summed E-state index contributed by atoms with van der Waals surface area (Å²) in [4.78, 5) is 29.0. The van der Waals surface area contributed by atoms with Crippen LogP contribution in [0.15, 0.2) is 0 Å². The molecule has 0 amide bonds. The van der Waals surface area contributed by atoms with Crippen molar-refractivity contribution in [1.82, 2.24) is 4.90 Å². The molecule has 0 radical (unpaired) electrons. The van der Waals surface area contributed by atoms with Crippen LogP contribution in [0, 0.1) is 11.8 Å². The van der Waals surface area contributed by atoms with Crippen LogP contribution in [0.5, 0.6) is 0 Å².